The maximum Gasteiger partial charge on any atom is 0.302 e. The first-order valence-corrected chi connectivity index (χ1v) is 16.5. The Bertz CT molecular complexity index is 1270. The third kappa shape index (κ3) is 4.67. The van der Waals surface area contributed by atoms with Crippen LogP contribution in [-0.2, 0) is 14.3 Å². The van der Waals surface area contributed by atoms with Crippen LogP contribution in [0.25, 0.3) is 0 Å². The van der Waals surface area contributed by atoms with E-state index in [4.69, 9.17) is 4.74 Å². The molecule has 0 radical (unpaired) electrons. The van der Waals surface area contributed by atoms with Gasteiger partial charge in [-0.25, -0.2) is 4.39 Å². The molecule has 4 nitrogen and oxygen atoms in total. The minimum absolute atomic E-state index is 0.00138. The zero-order valence-corrected chi connectivity index (χ0v) is 27.6. The predicted octanol–water partition coefficient (Wildman–Crippen LogP) is 9.13. The largest absolute Gasteiger partial charge is 0.462 e. The van der Waals surface area contributed by atoms with E-state index in [-0.39, 0.29) is 51.4 Å². The molecular weight excluding hydrogens is 525 g/mol. The van der Waals surface area contributed by atoms with Gasteiger partial charge in [0.2, 0.25) is 5.91 Å². The number of carbonyl (C=O) groups excluding carboxylic acids is 2. The molecule has 42 heavy (non-hydrogen) atoms. The summed E-state index contributed by atoms with van der Waals surface area (Å²) >= 11 is 0. The molecule has 0 N–H and O–H groups in total. The molecule has 2 fully saturated rings. The molecule has 0 aliphatic heterocycles. The number of halogens is 1. The number of hydrogen-bond donors (Lipinski definition) is 0. The molecule has 5 heteroatoms. The molecule has 0 heterocycles. The molecule has 4 aliphatic rings. The average molecular weight is 580 g/mol. The summed E-state index contributed by atoms with van der Waals surface area (Å²) in [5.41, 5.74) is 4.35. The summed E-state index contributed by atoms with van der Waals surface area (Å²) in [6.45, 7) is 18.2. The second-order valence-corrected chi connectivity index (χ2v) is 15.8. The van der Waals surface area contributed by atoms with Gasteiger partial charge in [-0.1, -0.05) is 71.7 Å². The third-order valence-electron chi connectivity index (χ3n) is 13.4. The highest BCUT2D eigenvalue weighted by Gasteiger charge is 2.63. The first-order valence-electron chi connectivity index (χ1n) is 16.5. The Labute approximate surface area is 253 Å². The highest BCUT2D eigenvalue weighted by atomic mass is 19.1. The van der Waals surface area contributed by atoms with Gasteiger partial charge in [-0.2, -0.15) is 0 Å². The fraction of sp³-hybridized carbons (Fsp3) is 0.730. The zero-order valence-electron chi connectivity index (χ0n) is 27.6. The van der Waals surface area contributed by atoms with E-state index in [0.29, 0.717) is 23.4 Å². The molecule has 8 atom stereocenters. The predicted molar refractivity (Wildman–Crippen MR) is 167 cm³/mol. The van der Waals surface area contributed by atoms with Crippen LogP contribution < -0.4 is 4.90 Å². The van der Waals surface area contributed by atoms with E-state index in [2.05, 4.69) is 41.5 Å². The van der Waals surface area contributed by atoms with E-state index in [1.165, 1.54) is 36.6 Å². The SMILES string of the molecule is CC(=O)O[C@H]1CC[C@]2(C)C3=C(CC[C@H]2C1(C)C)[C@]1(C)CC[C@H]([C@H](C)CC(C)C(=O)N(C)c2ccccc2F)[C@@]1(C)CC3. The van der Waals surface area contributed by atoms with E-state index in [1.54, 1.807) is 43.3 Å². The minimum Gasteiger partial charge on any atom is -0.462 e. The monoisotopic (exact) mass is 579 g/mol. The van der Waals surface area contributed by atoms with Gasteiger partial charge < -0.3 is 9.64 Å². The molecule has 0 saturated heterocycles. The minimum atomic E-state index is -0.356. The number of nitrogens with zero attached hydrogens (tertiary/aromatic N) is 1. The Kier molecular flexibility index (Phi) is 8.02. The van der Waals surface area contributed by atoms with Crippen LogP contribution in [0.2, 0.25) is 0 Å². The fourth-order valence-electron chi connectivity index (χ4n) is 11.0. The third-order valence-corrected chi connectivity index (χ3v) is 13.4. The quantitative estimate of drug-likeness (QED) is 0.249. The van der Waals surface area contributed by atoms with Crippen molar-refractivity contribution in [3.8, 4) is 0 Å². The summed E-state index contributed by atoms with van der Waals surface area (Å²) in [7, 11) is 1.70. The van der Waals surface area contributed by atoms with E-state index < -0.39 is 0 Å². The van der Waals surface area contributed by atoms with Crippen LogP contribution in [0, 0.1) is 51.1 Å². The fourth-order valence-corrected chi connectivity index (χ4v) is 11.0. The van der Waals surface area contributed by atoms with Gasteiger partial charge in [0, 0.05) is 25.3 Å². The van der Waals surface area contributed by atoms with Crippen LogP contribution in [0.4, 0.5) is 10.1 Å². The van der Waals surface area contributed by atoms with Gasteiger partial charge in [0.25, 0.3) is 0 Å². The van der Waals surface area contributed by atoms with Gasteiger partial charge in [0.1, 0.15) is 11.9 Å². The lowest BCUT2D eigenvalue weighted by atomic mass is 9.43. The Morgan fingerprint density at radius 2 is 1.67 bits per heavy atom. The van der Waals surface area contributed by atoms with Gasteiger partial charge in [-0.15, -0.1) is 0 Å². The highest BCUT2D eigenvalue weighted by Crippen LogP contribution is 2.72. The molecule has 1 aromatic rings. The molecule has 5 rings (SSSR count). The number of carbonyl (C=O) groups is 2. The van der Waals surface area contributed by atoms with E-state index in [9.17, 15) is 14.0 Å². The number of esters is 1. The Hall–Kier alpha value is -2.17. The topological polar surface area (TPSA) is 46.6 Å². The van der Waals surface area contributed by atoms with Crippen LogP contribution in [0.15, 0.2) is 35.4 Å². The van der Waals surface area contributed by atoms with Crippen molar-refractivity contribution < 1.29 is 18.7 Å². The lowest BCUT2D eigenvalue weighted by molar-refractivity contribution is -0.167. The van der Waals surface area contributed by atoms with E-state index in [1.807, 2.05) is 6.92 Å². The number of amides is 1. The number of fused-ring (bicyclic) bond motifs is 4. The molecule has 0 aromatic heterocycles. The van der Waals surface area contributed by atoms with Crippen molar-refractivity contribution in [2.45, 2.75) is 119 Å². The van der Waals surface area contributed by atoms with Crippen molar-refractivity contribution in [1.82, 2.24) is 0 Å². The summed E-state index contributed by atoms with van der Waals surface area (Å²) in [5.74, 6) is 0.806. The lowest BCUT2D eigenvalue weighted by Crippen LogP contribution is -2.55. The van der Waals surface area contributed by atoms with Crippen LogP contribution in [-0.4, -0.2) is 25.0 Å². The highest BCUT2D eigenvalue weighted by molar-refractivity contribution is 5.94. The summed E-state index contributed by atoms with van der Waals surface area (Å²) in [4.78, 5) is 26.8. The Morgan fingerprint density at radius 1 is 0.976 bits per heavy atom. The van der Waals surface area contributed by atoms with Crippen molar-refractivity contribution in [2.75, 3.05) is 11.9 Å². The van der Waals surface area contributed by atoms with Crippen molar-refractivity contribution >= 4 is 17.6 Å². The second kappa shape index (κ2) is 10.8. The number of ether oxygens (including phenoxy) is 1. The maximum atomic E-state index is 14.4. The van der Waals surface area contributed by atoms with Gasteiger partial charge in [-0.3, -0.25) is 9.59 Å². The zero-order chi connectivity index (χ0) is 30.8. The number of para-hydroxylation sites is 1. The van der Waals surface area contributed by atoms with E-state index >= 15 is 0 Å². The van der Waals surface area contributed by atoms with Crippen molar-refractivity contribution in [1.29, 1.82) is 0 Å². The molecular formula is C37H54FNO3. The average Bonchev–Trinajstić information content (AvgIpc) is 3.21. The van der Waals surface area contributed by atoms with Gasteiger partial charge in [-0.05, 0) is 104 Å². The van der Waals surface area contributed by atoms with Crippen molar-refractivity contribution in [3.05, 3.63) is 41.2 Å². The summed E-state index contributed by atoms with van der Waals surface area (Å²) in [6, 6.07) is 6.54. The smallest absolute Gasteiger partial charge is 0.302 e. The molecule has 2 saturated carbocycles. The molecule has 1 unspecified atom stereocenters. The molecule has 4 aliphatic carbocycles. The number of allylic oxidation sites excluding steroid dienone is 2. The first kappa shape index (κ1) is 31.3. The molecule has 232 valence electrons. The van der Waals surface area contributed by atoms with Crippen LogP contribution in [0.5, 0.6) is 0 Å². The van der Waals surface area contributed by atoms with Crippen molar-refractivity contribution in [3.63, 3.8) is 0 Å². The molecule has 0 bridgehead atoms. The second-order valence-electron chi connectivity index (χ2n) is 15.8. The van der Waals surface area contributed by atoms with Gasteiger partial charge in [0.05, 0.1) is 5.69 Å². The molecule has 1 amide bonds. The number of anilines is 1. The number of benzene rings is 1. The molecule has 1 aromatic carbocycles. The Balaban J connectivity index is 1.36. The van der Waals surface area contributed by atoms with Crippen LogP contribution in [0.1, 0.15) is 113 Å². The van der Waals surface area contributed by atoms with Crippen LogP contribution >= 0.6 is 0 Å². The summed E-state index contributed by atoms with van der Waals surface area (Å²) in [5, 5.41) is 0. The van der Waals surface area contributed by atoms with Gasteiger partial charge >= 0.3 is 5.97 Å². The summed E-state index contributed by atoms with van der Waals surface area (Å²) < 4.78 is 20.3. The normalized spacial score (nSPS) is 36.8. The standard InChI is InChI=1S/C37H54FNO3/c1-23(22-24(2)33(41)39(9)30-13-11-10-12-29(30)38)26-16-20-37(8)28-14-15-31-34(4,5)32(42-25(3)40)18-19-35(31,6)27(28)17-21-36(26,37)7/h10-13,23-24,26,31-32H,14-22H2,1-9H3/t23-,24?,26-,31+,32+,35-,36-,37+/m1/s1. The van der Waals surface area contributed by atoms with E-state index in [0.717, 1.165) is 32.1 Å². The van der Waals surface area contributed by atoms with Crippen LogP contribution in [0.3, 0.4) is 0 Å². The number of rotatable bonds is 6. The maximum absolute atomic E-state index is 14.4. The molecule has 0 spiro atoms. The number of hydrogen-bond acceptors (Lipinski definition) is 3. The Morgan fingerprint density at radius 3 is 2.33 bits per heavy atom. The van der Waals surface area contributed by atoms with Crippen molar-refractivity contribution in [2.24, 2.45) is 45.3 Å². The lowest BCUT2D eigenvalue weighted by Gasteiger charge is -2.62. The summed E-state index contributed by atoms with van der Waals surface area (Å²) in [6.07, 6.45) is 9.97. The first-order chi connectivity index (χ1) is 19.6. The van der Waals surface area contributed by atoms with Gasteiger partial charge in [0.15, 0.2) is 0 Å².